The summed E-state index contributed by atoms with van der Waals surface area (Å²) in [4.78, 5) is 0. The van der Waals surface area contributed by atoms with Crippen LogP contribution in [0.25, 0.3) is 0 Å². The van der Waals surface area contributed by atoms with Gasteiger partial charge in [-0.15, -0.1) is 0 Å². The summed E-state index contributed by atoms with van der Waals surface area (Å²) in [7, 11) is 0. The number of nitrogens with two attached hydrogens (primary N) is 1. The zero-order chi connectivity index (χ0) is 9.90. The van der Waals surface area contributed by atoms with Crippen LogP contribution >= 0.6 is 0 Å². The van der Waals surface area contributed by atoms with Crippen LogP contribution in [0.5, 0.6) is 0 Å². The number of rotatable bonds is 5. The van der Waals surface area contributed by atoms with Crippen LogP contribution in [0.4, 0.5) is 0 Å². The fraction of sp³-hybridized carbons (Fsp3) is 1.00. The van der Waals surface area contributed by atoms with Gasteiger partial charge in [0.15, 0.2) is 0 Å². The van der Waals surface area contributed by atoms with Crippen LogP contribution < -0.4 is 11.1 Å². The van der Waals surface area contributed by atoms with Crippen molar-refractivity contribution in [2.75, 3.05) is 13.1 Å². The highest BCUT2D eigenvalue weighted by atomic mass is 14.9. The molecule has 0 bridgehead atoms. The van der Waals surface area contributed by atoms with Gasteiger partial charge in [-0.05, 0) is 24.2 Å². The molecule has 1 unspecified atom stereocenters. The Labute approximate surface area is 82.3 Å². The summed E-state index contributed by atoms with van der Waals surface area (Å²) in [5, 5.41) is 3.48. The van der Waals surface area contributed by atoms with Gasteiger partial charge in [0.1, 0.15) is 0 Å². The molecule has 3 N–H and O–H groups in total. The Morgan fingerprint density at radius 1 is 1.38 bits per heavy atom. The molecule has 78 valence electrons. The Kier molecular flexibility index (Phi) is 3.74. The van der Waals surface area contributed by atoms with Gasteiger partial charge >= 0.3 is 0 Å². The summed E-state index contributed by atoms with van der Waals surface area (Å²) in [6.45, 7) is 8.83. The molecule has 0 aliphatic heterocycles. The van der Waals surface area contributed by atoms with Crippen LogP contribution in [0.2, 0.25) is 0 Å². The lowest BCUT2D eigenvalue weighted by atomic mass is 9.70. The molecule has 0 saturated heterocycles. The largest absolute Gasteiger partial charge is 0.326 e. The lowest BCUT2D eigenvalue weighted by Crippen LogP contribution is -2.43. The molecule has 2 nitrogen and oxygen atoms in total. The average Bonchev–Trinajstić information content (AvgIpc) is 2.01. The first kappa shape index (κ1) is 11.0. The third kappa shape index (κ3) is 3.28. The van der Waals surface area contributed by atoms with Crippen molar-refractivity contribution in [3.8, 4) is 0 Å². The predicted octanol–water partition coefficient (Wildman–Crippen LogP) is 1.75. The van der Waals surface area contributed by atoms with Crippen molar-refractivity contribution in [1.29, 1.82) is 0 Å². The molecule has 0 heterocycles. The predicted molar refractivity (Wildman–Crippen MR) is 57.6 cm³/mol. The third-order valence-electron chi connectivity index (χ3n) is 3.35. The van der Waals surface area contributed by atoms with Crippen LogP contribution in [0.1, 0.15) is 40.0 Å². The van der Waals surface area contributed by atoms with E-state index in [2.05, 4.69) is 26.1 Å². The SMILES string of the molecule is CC(C)C(N)CNCC1(C)CCC1. The van der Waals surface area contributed by atoms with Crippen LogP contribution in [0.3, 0.4) is 0 Å². The lowest BCUT2D eigenvalue weighted by Gasteiger charge is -2.39. The molecule has 0 radical (unpaired) electrons. The maximum atomic E-state index is 5.94. The fourth-order valence-electron chi connectivity index (χ4n) is 1.73. The minimum Gasteiger partial charge on any atom is -0.326 e. The zero-order valence-electron chi connectivity index (χ0n) is 9.27. The second-order valence-electron chi connectivity index (χ2n) is 5.20. The molecule has 1 aliphatic rings. The van der Waals surface area contributed by atoms with Crippen molar-refractivity contribution in [2.45, 2.75) is 46.1 Å². The van der Waals surface area contributed by atoms with Gasteiger partial charge in [-0.2, -0.15) is 0 Å². The number of nitrogens with one attached hydrogen (secondary N) is 1. The lowest BCUT2D eigenvalue weighted by molar-refractivity contribution is 0.155. The van der Waals surface area contributed by atoms with Crippen molar-refractivity contribution in [3.05, 3.63) is 0 Å². The zero-order valence-corrected chi connectivity index (χ0v) is 9.27. The molecule has 0 aromatic rings. The van der Waals surface area contributed by atoms with Gasteiger partial charge in [-0.1, -0.05) is 27.2 Å². The first-order chi connectivity index (χ1) is 6.03. The van der Waals surface area contributed by atoms with E-state index in [-0.39, 0.29) is 0 Å². The van der Waals surface area contributed by atoms with Gasteiger partial charge < -0.3 is 11.1 Å². The molecular formula is C11H24N2. The molecule has 1 saturated carbocycles. The van der Waals surface area contributed by atoms with E-state index in [4.69, 9.17) is 5.73 Å². The van der Waals surface area contributed by atoms with Crippen LogP contribution in [-0.4, -0.2) is 19.1 Å². The molecule has 2 heteroatoms. The molecule has 1 fully saturated rings. The molecular weight excluding hydrogens is 160 g/mol. The number of hydrogen-bond donors (Lipinski definition) is 2. The average molecular weight is 184 g/mol. The molecule has 1 aliphatic carbocycles. The first-order valence-electron chi connectivity index (χ1n) is 5.50. The second kappa shape index (κ2) is 4.43. The summed E-state index contributed by atoms with van der Waals surface area (Å²) in [6, 6.07) is 0.309. The maximum absolute atomic E-state index is 5.94. The van der Waals surface area contributed by atoms with Crippen molar-refractivity contribution in [1.82, 2.24) is 5.32 Å². The van der Waals surface area contributed by atoms with E-state index >= 15 is 0 Å². The second-order valence-corrected chi connectivity index (χ2v) is 5.20. The Balaban J connectivity index is 2.06. The van der Waals surface area contributed by atoms with Gasteiger partial charge in [0, 0.05) is 19.1 Å². The Bertz CT molecular complexity index is 150. The van der Waals surface area contributed by atoms with Crippen molar-refractivity contribution in [2.24, 2.45) is 17.1 Å². The van der Waals surface area contributed by atoms with Crippen molar-refractivity contribution in [3.63, 3.8) is 0 Å². The summed E-state index contributed by atoms with van der Waals surface area (Å²) in [6.07, 6.45) is 4.18. The maximum Gasteiger partial charge on any atom is 0.0188 e. The molecule has 13 heavy (non-hydrogen) atoms. The van der Waals surface area contributed by atoms with Crippen LogP contribution in [-0.2, 0) is 0 Å². The van der Waals surface area contributed by atoms with Gasteiger partial charge in [0.25, 0.3) is 0 Å². The van der Waals surface area contributed by atoms with Gasteiger partial charge in [0.2, 0.25) is 0 Å². The quantitative estimate of drug-likeness (QED) is 0.683. The smallest absolute Gasteiger partial charge is 0.0188 e. The fourth-order valence-corrected chi connectivity index (χ4v) is 1.73. The summed E-state index contributed by atoms with van der Waals surface area (Å²) < 4.78 is 0. The van der Waals surface area contributed by atoms with E-state index < -0.39 is 0 Å². The molecule has 0 spiro atoms. The van der Waals surface area contributed by atoms with Gasteiger partial charge in [-0.25, -0.2) is 0 Å². The minimum atomic E-state index is 0.309. The summed E-state index contributed by atoms with van der Waals surface area (Å²) >= 11 is 0. The molecule has 1 rings (SSSR count). The Morgan fingerprint density at radius 3 is 2.38 bits per heavy atom. The van der Waals surface area contributed by atoms with Crippen LogP contribution in [0, 0.1) is 11.3 Å². The van der Waals surface area contributed by atoms with E-state index in [1.807, 2.05) is 0 Å². The van der Waals surface area contributed by atoms with Crippen molar-refractivity contribution < 1.29 is 0 Å². The highest BCUT2D eigenvalue weighted by Crippen LogP contribution is 2.39. The Hall–Kier alpha value is -0.0800. The van der Waals surface area contributed by atoms with E-state index in [0.717, 1.165) is 13.1 Å². The normalized spacial score (nSPS) is 22.8. The Morgan fingerprint density at radius 2 is 2.00 bits per heavy atom. The van der Waals surface area contributed by atoms with Crippen molar-refractivity contribution >= 4 is 0 Å². The van der Waals surface area contributed by atoms with Gasteiger partial charge in [0.05, 0.1) is 0 Å². The monoisotopic (exact) mass is 184 g/mol. The van der Waals surface area contributed by atoms with E-state index in [1.54, 1.807) is 0 Å². The minimum absolute atomic E-state index is 0.309. The number of hydrogen-bond acceptors (Lipinski definition) is 2. The molecule has 0 aromatic heterocycles. The van der Waals surface area contributed by atoms with Gasteiger partial charge in [-0.3, -0.25) is 0 Å². The van der Waals surface area contributed by atoms with E-state index in [9.17, 15) is 0 Å². The summed E-state index contributed by atoms with van der Waals surface area (Å²) in [5.74, 6) is 0.585. The highest BCUT2D eigenvalue weighted by Gasteiger charge is 2.31. The first-order valence-corrected chi connectivity index (χ1v) is 5.50. The standard InChI is InChI=1S/C11H24N2/c1-9(2)10(12)7-13-8-11(3)5-4-6-11/h9-10,13H,4-8,12H2,1-3H3. The van der Waals surface area contributed by atoms with E-state index in [0.29, 0.717) is 17.4 Å². The highest BCUT2D eigenvalue weighted by molar-refractivity contribution is 4.85. The topological polar surface area (TPSA) is 38.0 Å². The summed E-state index contributed by atoms with van der Waals surface area (Å²) in [5.41, 5.74) is 6.52. The molecule has 1 atom stereocenters. The van der Waals surface area contributed by atoms with E-state index in [1.165, 1.54) is 19.3 Å². The molecule has 0 aromatic carbocycles. The molecule has 0 amide bonds. The van der Waals surface area contributed by atoms with Crippen LogP contribution in [0.15, 0.2) is 0 Å². The third-order valence-corrected chi connectivity index (χ3v) is 3.35.